The summed E-state index contributed by atoms with van der Waals surface area (Å²) in [6, 6.07) is 27.2. The molecule has 5 aromatic carbocycles. The zero-order valence-electron chi connectivity index (χ0n) is 26.9. The molecule has 0 radical (unpaired) electrons. The van der Waals surface area contributed by atoms with Crippen LogP contribution in [0.15, 0.2) is 91.0 Å². The number of anilines is 1. The van der Waals surface area contributed by atoms with E-state index in [9.17, 15) is 0 Å². The van der Waals surface area contributed by atoms with Crippen molar-refractivity contribution in [3.05, 3.63) is 130 Å². The first-order valence-electron chi connectivity index (χ1n) is 16.5. The standard InChI is InChI=1S/C41H37F2NO3/c1-4-40(5-2)37-32(22-28(42)23-33(37)43)36-30-24-34(44-18-20-46-21-19-44)35(45-3)25-31(30)39-29(38(36)40)16-17-41(47-39,26-12-8-6-9-13-26)27-14-10-7-11-15-27/h6-17,22-25H,4-5,18-21H2,1-3H3. The second-order valence-electron chi connectivity index (χ2n) is 12.7. The molecule has 1 aliphatic carbocycles. The lowest BCUT2D eigenvalue weighted by molar-refractivity contribution is 0.122. The molecule has 5 aromatic rings. The van der Waals surface area contributed by atoms with Crippen molar-refractivity contribution in [2.45, 2.75) is 37.7 Å². The molecule has 0 atom stereocenters. The van der Waals surface area contributed by atoms with E-state index in [1.165, 1.54) is 6.07 Å². The molecule has 1 saturated heterocycles. The SMILES string of the molecule is CCC1(CC)c2c(F)cc(F)cc2-c2c1c1c(c3cc(OC)c(N4CCOCC4)cc23)OC(c2ccccc2)(c2ccccc2)C=C1. The van der Waals surface area contributed by atoms with Crippen molar-refractivity contribution in [2.24, 2.45) is 0 Å². The summed E-state index contributed by atoms with van der Waals surface area (Å²) < 4.78 is 50.4. The molecule has 0 aromatic heterocycles. The molecule has 0 bridgehead atoms. The Morgan fingerprint density at radius 3 is 2.09 bits per heavy atom. The Morgan fingerprint density at radius 1 is 0.809 bits per heavy atom. The van der Waals surface area contributed by atoms with Crippen LogP contribution in [0.25, 0.3) is 28.0 Å². The highest BCUT2D eigenvalue weighted by molar-refractivity contribution is 6.10. The summed E-state index contributed by atoms with van der Waals surface area (Å²) in [5.74, 6) is 0.334. The van der Waals surface area contributed by atoms with Crippen LogP contribution in [-0.4, -0.2) is 33.4 Å². The predicted molar refractivity (Wildman–Crippen MR) is 184 cm³/mol. The lowest BCUT2D eigenvalue weighted by Gasteiger charge is -2.39. The van der Waals surface area contributed by atoms with Gasteiger partial charge in [-0.2, -0.15) is 0 Å². The summed E-state index contributed by atoms with van der Waals surface area (Å²) in [4.78, 5) is 2.27. The molecule has 47 heavy (non-hydrogen) atoms. The highest BCUT2D eigenvalue weighted by Crippen LogP contribution is 2.61. The van der Waals surface area contributed by atoms with Gasteiger partial charge in [0.05, 0.1) is 26.0 Å². The lowest BCUT2D eigenvalue weighted by Crippen LogP contribution is -2.36. The van der Waals surface area contributed by atoms with Gasteiger partial charge < -0.3 is 19.1 Å². The largest absolute Gasteiger partial charge is 0.495 e. The number of ether oxygens (including phenoxy) is 3. The number of rotatable bonds is 6. The summed E-state index contributed by atoms with van der Waals surface area (Å²) in [5, 5.41) is 1.73. The number of nitrogens with zero attached hydrogens (tertiary/aromatic N) is 1. The molecule has 2 heterocycles. The number of fused-ring (bicyclic) bond motifs is 8. The Labute approximate surface area is 274 Å². The van der Waals surface area contributed by atoms with Crippen LogP contribution in [0.2, 0.25) is 0 Å². The Morgan fingerprint density at radius 2 is 1.47 bits per heavy atom. The third kappa shape index (κ3) is 4.27. The highest BCUT2D eigenvalue weighted by atomic mass is 19.1. The van der Waals surface area contributed by atoms with Crippen molar-refractivity contribution < 1.29 is 23.0 Å². The van der Waals surface area contributed by atoms with E-state index in [0.29, 0.717) is 61.8 Å². The number of hydrogen-bond acceptors (Lipinski definition) is 4. The number of morpholine rings is 1. The van der Waals surface area contributed by atoms with E-state index >= 15 is 8.78 Å². The van der Waals surface area contributed by atoms with E-state index in [2.05, 4.69) is 61.2 Å². The Kier molecular flexibility index (Phi) is 7.10. The van der Waals surface area contributed by atoms with Crippen LogP contribution in [0.5, 0.6) is 11.5 Å². The molecule has 2 aliphatic heterocycles. The quantitative estimate of drug-likeness (QED) is 0.187. The fraction of sp³-hybridized carbons (Fsp3) is 0.268. The van der Waals surface area contributed by atoms with Gasteiger partial charge in [0.15, 0.2) is 5.60 Å². The van der Waals surface area contributed by atoms with Gasteiger partial charge in [0.25, 0.3) is 0 Å². The van der Waals surface area contributed by atoms with Crippen LogP contribution in [0, 0.1) is 11.6 Å². The van der Waals surface area contributed by atoms with Gasteiger partial charge in [-0.15, -0.1) is 0 Å². The summed E-state index contributed by atoms with van der Waals surface area (Å²) in [6.45, 7) is 6.85. The van der Waals surface area contributed by atoms with Gasteiger partial charge in [-0.25, -0.2) is 8.78 Å². The number of halogens is 2. The zero-order valence-corrected chi connectivity index (χ0v) is 26.9. The van der Waals surface area contributed by atoms with Gasteiger partial charge in [0.2, 0.25) is 0 Å². The van der Waals surface area contributed by atoms with Crippen LogP contribution in [0.4, 0.5) is 14.5 Å². The van der Waals surface area contributed by atoms with Gasteiger partial charge in [-0.05, 0) is 59.2 Å². The first-order valence-corrected chi connectivity index (χ1v) is 16.5. The predicted octanol–water partition coefficient (Wildman–Crippen LogP) is 9.40. The fourth-order valence-corrected chi connectivity index (χ4v) is 8.34. The fourth-order valence-electron chi connectivity index (χ4n) is 8.34. The molecule has 0 saturated carbocycles. The Bertz CT molecular complexity index is 1990. The van der Waals surface area contributed by atoms with Crippen molar-refractivity contribution in [2.75, 3.05) is 38.3 Å². The Hall–Kier alpha value is -4.68. The molecule has 0 amide bonds. The van der Waals surface area contributed by atoms with Gasteiger partial charge in [0.1, 0.15) is 23.1 Å². The average molecular weight is 630 g/mol. The minimum absolute atomic E-state index is 0.507. The smallest absolute Gasteiger partial charge is 0.178 e. The first kappa shape index (κ1) is 29.7. The van der Waals surface area contributed by atoms with Crippen LogP contribution >= 0.6 is 0 Å². The Balaban J connectivity index is 1.51. The van der Waals surface area contributed by atoms with Gasteiger partial charge in [-0.3, -0.25) is 0 Å². The van der Waals surface area contributed by atoms with E-state index in [-0.39, 0.29) is 0 Å². The molecule has 0 unspecified atom stereocenters. The average Bonchev–Trinajstić information content (AvgIpc) is 3.43. The summed E-state index contributed by atoms with van der Waals surface area (Å²) >= 11 is 0. The molecule has 1 fully saturated rings. The third-order valence-electron chi connectivity index (χ3n) is 10.6. The minimum atomic E-state index is -0.920. The summed E-state index contributed by atoms with van der Waals surface area (Å²) in [5.41, 5.74) is 5.26. The maximum absolute atomic E-state index is 16.1. The minimum Gasteiger partial charge on any atom is -0.495 e. The van der Waals surface area contributed by atoms with Crippen molar-refractivity contribution in [1.82, 2.24) is 0 Å². The zero-order chi connectivity index (χ0) is 32.3. The number of methoxy groups -OCH3 is 1. The van der Waals surface area contributed by atoms with Gasteiger partial charge in [-0.1, -0.05) is 80.6 Å². The van der Waals surface area contributed by atoms with Crippen LogP contribution in [0.3, 0.4) is 0 Å². The molecule has 8 rings (SSSR count). The van der Waals surface area contributed by atoms with Gasteiger partial charge >= 0.3 is 0 Å². The molecule has 6 heteroatoms. The van der Waals surface area contributed by atoms with E-state index in [0.717, 1.165) is 50.3 Å². The van der Waals surface area contributed by atoms with Crippen LogP contribution < -0.4 is 14.4 Å². The van der Waals surface area contributed by atoms with E-state index in [1.54, 1.807) is 7.11 Å². The molecular weight excluding hydrogens is 592 g/mol. The second-order valence-corrected chi connectivity index (χ2v) is 12.7. The van der Waals surface area contributed by atoms with Crippen LogP contribution in [0.1, 0.15) is 54.5 Å². The molecule has 3 aliphatic rings. The van der Waals surface area contributed by atoms with Crippen molar-refractivity contribution in [1.29, 1.82) is 0 Å². The highest BCUT2D eigenvalue weighted by Gasteiger charge is 2.48. The first-order chi connectivity index (χ1) is 23.0. The van der Waals surface area contributed by atoms with Gasteiger partial charge in [0, 0.05) is 52.2 Å². The maximum atomic E-state index is 16.1. The van der Waals surface area contributed by atoms with Crippen LogP contribution in [-0.2, 0) is 15.8 Å². The number of hydrogen-bond donors (Lipinski definition) is 0. The second kappa shape index (κ2) is 11.2. The third-order valence-corrected chi connectivity index (χ3v) is 10.6. The van der Waals surface area contributed by atoms with Crippen molar-refractivity contribution in [3.63, 3.8) is 0 Å². The normalized spacial score (nSPS) is 17.2. The molecule has 4 nitrogen and oxygen atoms in total. The van der Waals surface area contributed by atoms with Crippen molar-refractivity contribution >= 4 is 22.5 Å². The molecular formula is C41H37F2NO3. The monoisotopic (exact) mass is 629 g/mol. The summed E-state index contributed by atoms with van der Waals surface area (Å²) in [7, 11) is 1.68. The van der Waals surface area contributed by atoms with E-state index in [1.807, 2.05) is 42.5 Å². The van der Waals surface area contributed by atoms with E-state index < -0.39 is 22.7 Å². The van der Waals surface area contributed by atoms with E-state index in [4.69, 9.17) is 14.2 Å². The van der Waals surface area contributed by atoms with Crippen molar-refractivity contribution in [3.8, 4) is 22.6 Å². The summed E-state index contributed by atoms with van der Waals surface area (Å²) in [6.07, 6.45) is 5.57. The maximum Gasteiger partial charge on any atom is 0.178 e. The topological polar surface area (TPSA) is 30.9 Å². The lowest BCUT2D eigenvalue weighted by atomic mass is 9.71. The number of benzene rings is 5. The molecule has 0 N–H and O–H groups in total. The molecule has 238 valence electrons. The molecule has 0 spiro atoms.